The number of carbonyl (C=O) groups is 1. The smallest absolute Gasteiger partial charge is 0.287 e. The third-order valence-corrected chi connectivity index (χ3v) is 4.22. The lowest BCUT2D eigenvalue weighted by atomic mass is 10.3. The second-order valence-corrected chi connectivity index (χ2v) is 6.05. The maximum Gasteiger partial charge on any atom is 0.287 e. The average Bonchev–Trinajstić information content (AvgIpc) is 3.03. The molecular formula is C16H14N4O5S. The van der Waals surface area contributed by atoms with Crippen LogP contribution in [0.25, 0.3) is 10.2 Å². The molecule has 0 fully saturated rings. The van der Waals surface area contributed by atoms with Crippen molar-refractivity contribution < 1.29 is 19.2 Å². The van der Waals surface area contributed by atoms with E-state index in [9.17, 15) is 14.9 Å². The van der Waals surface area contributed by atoms with E-state index in [4.69, 9.17) is 9.47 Å². The molecule has 0 atom stereocenters. The number of thiazole rings is 1. The SMILES string of the molecule is CCOCOc1ccc2nc(NC(=O)c3ccc([N+](=O)[O-])cn3)sc2c1. The van der Waals surface area contributed by atoms with Crippen LogP contribution in [0, 0.1) is 10.1 Å². The summed E-state index contributed by atoms with van der Waals surface area (Å²) in [5, 5.41) is 13.7. The molecule has 0 spiro atoms. The van der Waals surface area contributed by atoms with E-state index in [1.165, 1.54) is 23.5 Å². The number of nitrogens with one attached hydrogen (secondary N) is 1. The first kappa shape index (κ1) is 17.7. The van der Waals surface area contributed by atoms with E-state index in [2.05, 4.69) is 15.3 Å². The van der Waals surface area contributed by atoms with Crippen LogP contribution < -0.4 is 10.1 Å². The standard InChI is InChI=1S/C16H14N4O5S/c1-2-24-9-25-11-4-6-12-14(7-11)26-16(18-12)19-15(21)13-5-3-10(8-17-13)20(22)23/h3-8H,2,9H2,1H3,(H,18,19,21). The Morgan fingerprint density at radius 2 is 2.19 bits per heavy atom. The number of amides is 1. The van der Waals surface area contributed by atoms with Gasteiger partial charge in [0.05, 0.1) is 15.1 Å². The van der Waals surface area contributed by atoms with Gasteiger partial charge >= 0.3 is 0 Å². The van der Waals surface area contributed by atoms with Gasteiger partial charge in [0.25, 0.3) is 11.6 Å². The molecule has 3 aromatic rings. The third kappa shape index (κ3) is 4.10. The molecule has 134 valence electrons. The van der Waals surface area contributed by atoms with Crippen molar-refractivity contribution >= 4 is 38.3 Å². The number of aromatic nitrogens is 2. The summed E-state index contributed by atoms with van der Waals surface area (Å²) in [5.41, 5.74) is 0.599. The van der Waals surface area contributed by atoms with Gasteiger partial charge in [0.15, 0.2) is 11.9 Å². The Morgan fingerprint density at radius 3 is 2.88 bits per heavy atom. The number of nitro groups is 1. The Kier molecular flexibility index (Phi) is 5.34. The lowest BCUT2D eigenvalue weighted by Gasteiger charge is -2.04. The molecule has 1 amide bonds. The second kappa shape index (κ2) is 7.85. The number of carbonyl (C=O) groups excluding carboxylic acids is 1. The van der Waals surface area contributed by atoms with E-state index >= 15 is 0 Å². The number of nitrogens with zero attached hydrogens (tertiary/aromatic N) is 3. The monoisotopic (exact) mass is 374 g/mol. The van der Waals surface area contributed by atoms with Crippen molar-refractivity contribution in [3.8, 4) is 5.75 Å². The topological polar surface area (TPSA) is 116 Å². The van der Waals surface area contributed by atoms with Crippen LogP contribution in [0.3, 0.4) is 0 Å². The number of anilines is 1. The fourth-order valence-electron chi connectivity index (χ4n) is 2.03. The number of fused-ring (bicyclic) bond motifs is 1. The Balaban J connectivity index is 1.71. The molecule has 2 heterocycles. The molecule has 0 radical (unpaired) electrons. The Hall–Kier alpha value is -3.11. The molecule has 10 heteroatoms. The summed E-state index contributed by atoms with van der Waals surface area (Å²) in [5.74, 6) is 0.149. The number of hydrogen-bond donors (Lipinski definition) is 1. The first-order chi connectivity index (χ1) is 12.6. The highest BCUT2D eigenvalue weighted by Gasteiger charge is 2.13. The van der Waals surface area contributed by atoms with Gasteiger partial charge in [0.1, 0.15) is 17.6 Å². The summed E-state index contributed by atoms with van der Waals surface area (Å²) in [6, 6.07) is 7.88. The van der Waals surface area contributed by atoms with Crippen LogP contribution in [0.1, 0.15) is 17.4 Å². The van der Waals surface area contributed by atoms with Crippen molar-refractivity contribution in [1.82, 2.24) is 9.97 Å². The summed E-state index contributed by atoms with van der Waals surface area (Å²) < 4.78 is 11.4. The molecule has 1 aromatic carbocycles. The molecule has 0 aliphatic carbocycles. The molecule has 26 heavy (non-hydrogen) atoms. The minimum Gasteiger partial charge on any atom is -0.468 e. The summed E-state index contributed by atoms with van der Waals surface area (Å²) in [6.07, 6.45) is 1.04. The normalized spacial score (nSPS) is 10.7. The first-order valence-corrected chi connectivity index (χ1v) is 8.41. The lowest BCUT2D eigenvalue weighted by molar-refractivity contribution is -0.385. The summed E-state index contributed by atoms with van der Waals surface area (Å²) in [6.45, 7) is 2.61. The van der Waals surface area contributed by atoms with Crippen molar-refractivity contribution in [2.24, 2.45) is 0 Å². The number of hydrogen-bond acceptors (Lipinski definition) is 8. The van der Waals surface area contributed by atoms with Gasteiger partial charge < -0.3 is 9.47 Å². The van der Waals surface area contributed by atoms with Gasteiger partial charge in [-0.3, -0.25) is 20.2 Å². The van der Waals surface area contributed by atoms with Gasteiger partial charge in [0, 0.05) is 12.7 Å². The minimum absolute atomic E-state index is 0.0654. The number of ether oxygens (including phenoxy) is 2. The van der Waals surface area contributed by atoms with E-state index in [0.717, 1.165) is 10.9 Å². The molecule has 0 aliphatic rings. The maximum absolute atomic E-state index is 12.2. The summed E-state index contributed by atoms with van der Waals surface area (Å²) in [4.78, 5) is 30.4. The van der Waals surface area contributed by atoms with Gasteiger partial charge in [-0.05, 0) is 31.2 Å². The Labute approximate surface area is 151 Å². The maximum atomic E-state index is 12.2. The average molecular weight is 374 g/mol. The van der Waals surface area contributed by atoms with Gasteiger partial charge in [-0.2, -0.15) is 0 Å². The Morgan fingerprint density at radius 1 is 1.35 bits per heavy atom. The number of pyridine rings is 1. The molecule has 2 aromatic heterocycles. The number of rotatable bonds is 7. The van der Waals surface area contributed by atoms with Crippen LogP contribution in [0.4, 0.5) is 10.8 Å². The fourth-order valence-corrected chi connectivity index (χ4v) is 2.92. The predicted molar refractivity (Wildman–Crippen MR) is 95.6 cm³/mol. The van der Waals surface area contributed by atoms with Crippen molar-refractivity contribution in [2.75, 3.05) is 18.7 Å². The van der Waals surface area contributed by atoms with Crippen LogP contribution in [-0.2, 0) is 4.74 Å². The van der Waals surface area contributed by atoms with Gasteiger partial charge in [-0.15, -0.1) is 0 Å². The van der Waals surface area contributed by atoms with Crippen molar-refractivity contribution in [3.05, 3.63) is 52.3 Å². The predicted octanol–water partition coefficient (Wildman–Crippen LogP) is 3.22. The zero-order chi connectivity index (χ0) is 18.5. The van der Waals surface area contributed by atoms with Crippen LogP contribution in [-0.4, -0.2) is 34.2 Å². The van der Waals surface area contributed by atoms with Crippen molar-refractivity contribution in [3.63, 3.8) is 0 Å². The van der Waals surface area contributed by atoms with Crippen LogP contribution in [0.5, 0.6) is 5.75 Å². The zero-order valence-electron chi connectivity index (χ0n) is 13.7. The van der Waals surface area contributed by atoms with E-state index in [1.807, 2.05) is 13.0 Å². The molecule has 0 saturated carbocycles. The van der Waals surface area contributed by atoms with Crippen LogP contribution in [0.15, 0.2) is 36.5 Å². The molecule has 0 unspecified atom stereocenters. The van der Waals surface area contributed by atoms with Crippen LogP contribution >= 0.6 is 11.3 Å². The Bertz CT molecular complexity index is 941. The van der Waals surface area contributed by atoms with E-state index in [1.54, 1.807) is 12.1 Å². The first-order valence-electron chi connectivity index (χ1n) is 7.59. The minimum atomic E-state index is -0.576. The van der Waals surface area contributed by atoms with E-state index in [-0.39, 0.29) is 18.2 Å². The highest BCUT2D eigenvalue weighted by atomic mass is 32.1. The molecule has 0 aliphatic heterocycles. The summed E-state index contributed by atoms with van der Waals surface area (Å²) >= 11 is 1.28. The molecular weight excluding hydrogens is 360 g/mol. The quantitative estimate of drug-likeness (QED) is 0.292. The van der Waals surface area contributed by atoms with Crippen LogP contribution in [0.2, 0.25) is 0 Å². The number of benzene rings is 1. The summed E-state index contributed by atoms with van der Waals surface area (Å²) in [7, 11) is 0. The van der Waals surface area contributed by atoms with Gasteiger partial charge in [0.2, 0.25) is 0 Å². The van der Waals surface area contributed by atoms with Gasteiger partial charge in [-0.1, -0.05) is 11.3 Å². The van der Waals surface area contributed by atoms with E-state index in [0.29, 0.717) is 23.0 Å². The molecule has 1 N–H and O–H groups in total. The highest BCUT2D eigenvalue weighted by Crippen LogP contribution is 2.29. The second-order valence-electron chi connectivity index (χ2n) is 5.02. The van der Waals surface area contributed by atoms with Crippen molar-refractivity contribution in [2.45, 2.75) is 6.92 Å². The molecule has 9 nitrogen and oxygen atoms in total. The highest BCUT2D eigenvalue weighted by molar-refractivity contribution is 7.22. The third-order valence-electron chi connectivity index (χ3n) is 3.28. The molecule has 3 rings (SSSR count). The zero-order valence-corrected chi connectivity index (χ0v) is 14.5. The van der Waals surface area contributed by atoms with E-state index < -0.39 is 10.8 Å². The molecule has 0 saturated heterocycles. The molecule has 0 bridgehead atoms. The fraction of sp³-hybridized carbons (Fsp3) is 0.188. The largest absolute Gasteiger partial charge is 0.468 e. The lowest BCUT2D eigenvalue weighted by Crippen LogP contribution is -2.13. The van der Waals surface area contributed by atoms with Gasteiger partial charge in [-0.25, -0.2) is 9.97 Å². The van der Waals surface area contributed by atoms with Crippen molar-refractivity contribution in [1.29, 1.82) is 0 Å².